The molecule has 1 aliphatic heterocycles. The molecule has 1 aromatic heterocycles. The molecule has 3 rings (SSSR count). The number of aryl methyl sites for hydroxylation is 2. The van der Waals surface area contributed by atoms with Crippen molar-refractivity contribution in [1.29, 1.82) is 0 Å². The highest BCUT2D eigenvalue weighted by atomic mass is 16.5. The molecule has 0 bridgehead atoms. The summed E-state index contributed by atoms with van der Waals surface area (Å²) in [5.41, 5.74) is 2.90. The lowest BCUT2D eigenvalue weighted by Crippen LogP contribution is -2.40. The zero-order chi connectivity index (χ0) is 22.5. The summed E-state index contributed by atoms with van der Waals surface area (Å²) in [5, 5.41) is 2.64. The second-order valence-electron chi connectivity index (χ2n) is 7.71. The van der Waals surface area contributed by atoms with Gasteiger partial charge in [0.1, 0.15) is 22.9 Å². The topological polar surface area (TPSA) is 93.7 Å². The fourth-order valence-electron chi connectivity index (χ4n) is 4.05. The van der Waals surface area contributed by atoms with Gasteiger partial charge in [-0.3, -0.25) is 9.59 Å². The predicted molar refractivity (Wildman–Crippen MR) is 117 cm³/mol. The first-order valence-corrected chi connectivity index (χ1v) is 10.4. The lowest BCUT2D eigenvalue weighted by Gasteiger charge is -2.33. The number of piperidine rings is 1. The fraction of sp³-hybridized carbons (Fsp3) is 0.478. The smallest absolute Gasteiger partial charge is 0.261 e. The number of carbonyl (C=O) groups excluding carboxylic acids is 2. The Morgan fingerprint density at radius 3 is 2.29 bits per heavy atom. The molecule has 2 heterocycles. The molecule has 1 N–H and O–H groups in total. The number of nitrogens with one attached hydrogen (secondary N) is 1. The van der Waals surface area contributed by atoms with Gasteiger partial charge in [0.2, 0.25) is 5.91 Å². The van der Waals surface area contributed by atoms with Crippen LogP contribution < -0.4 is 14.8 Å². The molecule has 0 saturated carbocycles. The zero-order valence-corrected chi connectivity index (χ0v) is 18.8. The van der Waals surface area contributed by atoms with Crippen LogP contribution in [-0.2, 0) is 11.2 Å². The molecule has 0 radical (unpaired) electrons. The normalized spacial score (nSPS) is 16.0. The van der Waals surface area contributed by atoms with Gasteiger partial charge in [-0.15, -0.1) is 0 Å². The first kappa shape index (κ1) is 22.5. The van der Waals surface area contributed by atoms with E-state index < -0.39 is 0 Å². The molecule has 1 atom stereocenters. The lowest BCUT2D eigenvalue weighted by molar-refractivity contribution is -0.120. The number of rotatable bonds is 6. The predicted octanol–water partition coefficient (Wildman–Crippen LogP) is 2.42. The van der Waals surface area contributed by atoms with Gasteiger partial charge in [0, 0.05) is 43.0 Å². The van der Waals surface area contributed by atoms with E-state index >= 15 is 0 Å². The number of amides is 2. The third-order valence-electron chi connectivity index (χ3n) is 5.77. The molecule has 166 valence electrons. The van der Waals surface area contributed by atoms with Gasteiger partial charge in [-0.05, 0) is 38.8 Å². The van der Waals surface area contributed by atoms with E-state index in [4.69, 9.17) is 19.4 Å². The average molecular weight is 427 g/mol. The van der Waals surface area contributed by atoms with Gasteiger partial charge in [0.25, 0.3) is 5.91 Å². The molecule has 31 heavy (non-hydrogen) atoms. The van der Waals surface area contributed by atoms with Gasteiger partial charge in [-0.2, -0.15) is 0 Å². The Morgan fingerprint density at radius 1 is 1.13 bits per heavy atom. The molecule has 1 aliphatic rings. The van der Waals surface area contributed by atoms with E-state index in [-0.39, 0.29) is 24.2 Å². The minimum atomic E-state index is -0.122. The van der Waals surface area contributed by atoms with Crippen LogP contribution in [0.1, 0.15) is 51.9 Å². The number of aromatic nitrogens is 2. The van der Waals surface area contributed by atoms with Gasteiger partial charge in [-0.25, -0.2) is 9.97 Å². The summed E-state index contributed by atoms with van der Waals surface area (Å²) in [6.07, 6.45) is 2.02. The molecule has 2 amide bonds. The maximum Gasteiger partial charge on any atom is 0.261 e. The van der Waals surface area contributed by atoms with Crippen molar-refractivity contribution < 1.29 is 19.1 Å². The zero-order valence-electron chi connectivity index (χ0n) is 18.8. The number of hydrogen-bond acceptors (Lipinski definition) is 6. The second-order valence-corrected chi connectivity index (χ2v) is 7.71. The Hall–Kier alpha value is -3.16. The molecule has 1 aromatic carbocycles. The second kappa shape index (κ2) is 9.76. The molecule has 1 unspecified atom stereocenters. The SMILES string of the molecule is CNC(=O)Cc1c(C)nc(C2CCCN(C(=O)c3c(OC)cccc3OC)C2)nc1C. The first-order valence-electron chi connectivity index (χ1n) is 10.4. The summed E-state index contributed by atoms with van der Waals surface area (Å²) in [6, 6.07) is 5.32. The summed E-state index contributed by atoms with van der Waals surface area (Å²) < 4.78 is 10.8. The third-order valence-corrected chi connectivity index (χ3v) is 5.77. The van der Waals surface area contributed by atoms with Crippen molar-refractivity contribution in [2.24, 2.45) is 0 Å². The Bertz CT molecular complexity index is 931. The number of ether oxygens (including phenoxy) is 2. The van der Waals surface area contributed by atoms with Crippen LogP contribution in [0, 0.1) is 13.8 Å². The molecule has 0 aliphatic carbocycles. The van der Waals surface area contributed by atoms with Crippen LogP contribution in [0.3, 0.4) is 0 Å². The summed E-state index contributed by atoms with van der Waals surface area (Å²) in [5.74, 6) is 1.55. The minimum Gasteiger partial charge on any atom is -0.496 e. The van der Waals surface area contributed by atoms with Crippen LogP contribution in [0.25, 0.3) is 0 Å². The van der Waals surface area contributed by atoms with Crippen LogP contribution >= 0.6 is 0 Å². The van der Waals surface area contributed by atoms with Crippen LogP contribution in [-0.4, -0.2) is 61.0 Å². The fourth-order valence-corrected chi connectivity index (χ4v) is 4.05. The highest BCUT2D eigenvalue weighted by molar-refractivity contribution is 5.99. The van der Waals surface area contributed by atoms with Gasteiger partial charge >= 0.3 is 0 Å². The Balaban J connectivity index is 1.85. The number of nitrogens with zero attached hydrogens (tertiary/aromatic N) is 3. The maximum atomic E-state index is 13.4. The van der Waals surface area contributed by atoms with E-state index in [1.165, 1.54) is 0 Å². The van der Waals surface area contributed by atoms with Crippen molar-refractivity contribution in [3.8, 4) is 11.5 Å². The van der Waals surface area contributed by atoms with Crippen LogP contribution in [0.15, 0.2) is 18.2 Å². The van der Waals surface area contributed by atoms with Crippen molar-refractivity contribution in [1.82, 2.24) is 20.2 Å². The molecule has 0 spiro atoms. The summed E-state index contributed by atoms with van der Waals surface area (Å²) in [7, 11) is 4.71. The third kappa shape index (κ3) is 4.78. The van der Waals surface area contributed by atoms with Crippen LogP contribution in [0.5, 0.6) is 11.5 Å². The molecule has 8 heteroatoms. The van der Waals surface area contributed by atoms with E-state index in [9.17, 15) is 9.59 Å². The minimum absolute atomic E-state index is 0.0323. The first-order chi connectivity index (χ1) is 14.9. The largest absolute Gasteiger partial charge is 0.496 e. The van der Waals surface area contributed by atoms with Gasteiger partial charge < -0.3 is 19.7 Å². The van der Waals surface area contributed by atoms with Crippen molar-refractivity contribution in [3.05, 3.63) is 46.5 Å². The van der Waals surface area contributed by atoms with Crippen molar-refractivity contribution in [2.45, 2.75) is 39.0 Å². The monoisotopic (exact) mass is 426 g/mol. The Kier molecular flexibility index (Phi) is 7.09. The van der Waals surface area contributed by atoms with E-state index in [1.54, 1.807) is 39.5 Å². The van der Waals surface area contributed by atoms with E-state index in [0.29, 0.717) is 30.2 Å². The molecule has 1 saturated heterocycles. The highest BCUT2D eigenvalue weighted by Gasteiger charge is 2.31. The lowest BCUT2D eigenvalue weighted by atomic mass is 9.95. The molecule has 2 aromatic rings. The highest BCUT2D eigenvalue weighted by Crippen LogP contribution is 2.32. The standard InChI is InChI=1S/C23H30N4O4/c1-14-17(12-20(28)24-3)15(2)26-22(25-14)16-8-7-11-27(13-16)23(29)21-18(30-4)9-6-10-19(21)31-5/h6,9-10,16H,7-8,11-13H2,1-5H3,(H,24,28). The summed E-state index contributed by atoms with van der Waals surface area (Å²) >= 11 is 0. The van der Waals surface area contributed by atoms with Gasteiger partial charge in [0.05, 0.1) is 20.6 Å². The van der Waals surface area contributed by atoms with Crippen LogP contribution in [0.4, 0.5) is 0 Å². The Morgan fingerprint density at radius 2 is 1.74 bits per heavy atom. The molecule has 1 fully saturated rings. The van der Waals surface area contributed by atoms with Gasteiger partial charge in [-0.1, -0.05) is 6.07 Å². The van der Waals surface area contributed by atoms with E-state index in [2.05, 4.69) is 5.32 Å². The maximum absolute atomic E-state index is 13.4. The van der Waals surface area contributed by atoms with Crippen LogP contribution in [0.2, 0.25) is 0 Å². The molecular weight excluding hydrogens is 396 g/mol. The van der Waals surface area contributed by atoms with E-state index in [0.717, 1.165) is 35.6 Å². The number of likely N-dealkylation sites (N-methyl/N-ethyl adjacent to an activating group) is 1. The summed E-state index contributed by atoms with van der Waals surface area (Å²) in [4.78, 5) is 36.4. The molecular formula is C23H30N4O4. The van der Waals surface area contributed by atoms with Crippen molar-refractivity contribution in [2.75, 3.05) is 34.4 Å². The molecule has 8 nitrogen and oxygen atoms in total. The average Bonchev–Trinajstić information content (AvgIpc) is 2.79. The van der Waals surface area contributed by atoms with Crippen molar-refractivity contribution >= 4 is 11.8 Å². The number of hydrogen-bond donors (Lipinski definition) is 1. The van der Waals surface area contributed by atoms with E-state index in [1.807, 2.05) is 18.7 Å². The van der Waals surface area contributed by atoms with Crippen molar-refractivity contribution in [3.63, 3.8) is 0 Å². The number of carbonyl (C=O) groups is 2. The Labute approximate surface area is 183 Å². The number of likely N-dealkylation sites (tertiary alicyclic amines) is 1. The van der Waals surface area contributed by atoms with Gasteiger partial charge in [0.15, 0.2) is 0 Å². The number of methoxy groups -OCH3 is 2. The summed E-state index contributed by atoms with van der Waals surface area (Å²) in [6.45, 7) is 4.99. The number of benzene rings is 1. The quantitative estimate of drug-likeness (QED) is 0.763.